The number of piperidine rings is 1. The highest BCUT2D eigenvalue weighted by Crippen LogP contribution is 2.27. The summed E-state index contributed by atoms with van der Waals surface area (Å²) >= 11 is 11.8. The number of hydrogen-bond donors (Lipinski definition) is 2. The Kier molecular flexibility index (Phi) is 4.37. The van der Waals surface area contributed by atoms with Crippen LogP contribution in [0, 0.1) is 0 Å². The zero-order valence-electron chi connectivity index (χ0n) is 9.62. The number of rotatable bonds is 3. The summed E-state index contributed by atoms with van der Waals surface area (Å²) in [4.78, 5) is 0. The second-order valence-electron chi connectivity index (χ2n) is 4.22. The van der Waals surface area contributed by atoms with E-state index in [0.717, 1.165) is 13.1 Å². The van der Waals surface area contributed by atoms with Gasteiger partial charge in [0.2, 0.25) is 10.0 Å². The minimum absolute atomic E-state index is 0.336. The predicted molar refractivity (Wildman–Crippen MR) is 74.9 cm³/mol. The Morgan fingerprint density at radius 1 is 1.22 bits per heavy atom. The van der Waals surface area contributed by atoms with E-state index in [2.05, 4.69) is 10.0 Å². The van der Waals surface area contributed by atoms with Crippen molar-refractivity contribution in [2.24, 2.45) is 0 Å². The molecule has 0 bridgehead atoms. The Balaban J connectivity index is 2.18. The van der Waals surface area contributed by atoms with E-state index in [9.17, 15) is 8.42 Å². The highest BCUT2D eigenvalue weighted by atomic mass is 35.5. The summed E-state index contributed by atoms with van der Waals surface area (Å²) in [7, 11) is -3.41. The molecule has 0 aromatic heterocycles. The van der Waals surface area contributed by atoms with Crippen molar-refractivity contribution in [3.63, 3.8) is 0 Å². The van der Waals surface area contributed by atoms with E-state index in [4.69, 9.17) is 23.2 Å². The molecule has 0 aliphatic carbocycles. The standard InChI is InChI=1S/C11H14Cl2N2O2S/c12-8-1-2-10(13)11(7-8)15-18(16,17)9-3-5-14-6-4-9/h1-2,7,9,14-15H,3-6H2. The third-order valence-electron chi connectivity index (χ3n) is 2.91. The molecule has 0 amide bonds. The first kappa shape index (κ1) is 13.9. The summed E-state index contributed by atoms with van der Waals surface area (Å²) in [6.45, 7) is 1.43. The molecule has 18 heavy (non-hydrogen) atoms. The first-order valence-corrected chi connectivity index (χ1v) is 7.97. The first-order valence-electron chi connectivity index (χ1n) is 5.66. The Labute approximate surface area is 117 Å². The lowest BCUT2D eigenvalue weighted by molar-refractivity contribution is 0.499. The molecule has 1 fully saturated rings. The lowest BCUT2D eigenvalue weighted by Gasteiger charge is -2.23. The van der Waals surface area contributed by atoms with Crippen LogP contribution in [0.5, 0.6) is 0 Å². The molecule has 1 aliphatic rings. The summed E-state index contributed by atoms with van der Waals surface area (Å²) in [5.74, 6) is 0. The highest BCUT2D eigenvalue weighted by Gasteiger charge is 2.27. The zero-order chi connectivity index (χ0) is 13.2. The molecule has 4 nitrogen and oxygen atoms in total. The van der Waals surface area contributed by atoms with E-state index in [1.165, 1.54) is 6.07 Å². The SMILES string of the molecule is O=S(=O)(Nc1cc(Cl)ccc1Cl)C1CCNCC1. The maximum absolute atomic E-state index is 12.2. The van der Waals surface area contributed by atoms with Gasteiger partial charge in [-0.1, -0.05) is 23.2 Å². The van der Waals surface area contributed by atoms with Crippen LogP contribution in [0.25, 0.3) is 0 Å². The van der Waals surface area contributed by atoms with Gasteiger partial charge in [-0.25, -0.2) is 8.42 Å². The zero-order valence-corrected chi connectivity index (χ0v) is 11.9. The maximum Gasteiger partial charge on any atom is 0.235 e. The fraction of sp³-hybridized carbons (Fsp3) is 0.455. The van der Waals surface area contributed by atoms with Gasteiger partial charge < -0.3 is 5.32 Å². The fourth-order valence-electron chi connectivity index (χ4n) is 1.92. The van der Waals surface area contributed by atoms with Crippen molar-refractivity contribution in [2.75, 3.05) is 17.8 Å². The molecule has 1 saturated heterocycles. The van der Waals surface area contributed by atoms with Crippen molar-refractivity contribution in [1.82, 2.24) is 5.32 Å². The molecule has 0 unspecified atom stereocenters. The van der Waals surface area contributed by atoms with Gasteiger partial charge in [0, 0.05) is 5.02 Å². The smallest absolute Gasteiger partial charge is 0.235 e. The Hall–Kier alpha value is -0.490. The van der Waals surface area contributed by atoms with Crippen LogP contribution >= 0.6 is 23.2 Å². The molecule has 2 N–H and O–H groups in total. The maximum atomic E-state index is 12.2. The second-order valence-corrected chi connectivity index (χ2v) is 7.03. The van der Waals surface area contributed by atoms with Crippen molar-refractivity contribution in [1.29, 1.82) is 0 Å². The molecule has 0 radical (unpaired) electrons. The summed E-state index contributed by atoms with van der Waals surface area (Å²) in [6.07, 6.45) is 1.21. The lowest BCUT2D eigenvalue weighted by Crippen LogP contribution is -2.38. The van der Waals surface area contributed by atoms with Gasteiger partial charge in [0.15, 0.2) is 0 Å². The van der Waals surface area contributed by atoms with Crippen molar-refractivity contribution >= 4 is 38.9 Å². The summed E-state index contributed by atoms with van der Waals surface area (Å²) in [6, 6.07) is 4.71. The lowest BCUT2D eigenvalue weighted by atomic mass is 10.2. The molecule has 100 valence electrons. The largest absolute Gasteiger partial charge is 0.317 e. The van der Waals surface area contributed by atoms with Crippen LogP contribution in [0.15, 0.2) is 18.2 Å². The van der Waals surface area contributed by atoms with Crippen LogP contribution < -0.4 is 10.0 Å². The number of sulfonamides is 1. The third kappa shape index (κ3) is 3.29. The van der Waals surface area contributed by atoms with E-state index < -0.39 is 10.0 Å². The number of hydrogen-bond acceptors (Lipinski definition) is 3. The fourth-order valence-corrected chi connectivity index (χ4v) is 3.81. The Morgan fingerprint density at radius 2 is 1.89 bits per heavy atom. The van der Waals surface area contributed by atoms with E-state index >= 15 is 0 Å². The van der Waals surface area contributed by atoms with Crippen LogP contribution in [0.1, 0.15) is 12.8 Å². The molecular formula is C11H14Cl2N2O2S. The highest BCUT2D eigenvalue weighted by molar-refractivity contribution is 7.93. The van der Waals surface area contributed by atoms with Crippen molar-refractivity contribution in [3.8, 4) is 0 Å². The van der Waals surface area contributed by atoms with E-state index in [0.29, 0.717) is 28.6 Å². The quantitative estimate of drug-likeness (QED) is 0.902. The average Bonchev–Trinajstić information content (AvgIpc) is 2.35. The number of halogens is 2. The Bertz CT molecular complexity index is 528. The molecule has 1 aromatic carbocycles. The van der Waals surface area contributed by atoms with Gasteiger partial charge in [0.25, 0.3) is 0 Å². The molecule has 0 spiro atoms. The number of anilines is 1. The normalized spacial score (nSPS) is 17.7. The second kappa shape index (κ2) is 5.65. The van der Waals surface area contributed by atoms with Crippen LogP contribution in [0.3, 0.4) is 0 Å². The van der Waals surface area contributed by atoms with E-state index in [1.54, 1.807) is 12.1 Å². The molecular weight excluding hydrogens is 295 g/mol. The van der Waals surface area contributed by atoms with Gasteiger partial charge in [-0.3, -0.25) is 4.72 Å². The number of nitrogens with one attached hydrogen (secondary N) is 2. The van der Waals surface area contributed by atoms with Gasteiger partial charge >= 0.3 is 0 Å². The van der Waals surface area contributed by atoms with E-state index in [-0.39, 0.29) is 5.25 Å². The molecule has 2 rings (SSSR count). The first-order chi connectivity index (χ1) is 8.49. The third-order valence-corrected chi connectivity index (χ3v) is 5.32. The molecule has 0 atom stereocenters. The van der Waals surface area contributed by atoms with Gasteiger partial charge in [-0.15, -0.1) is 0 Å². The molecule has 1 heterocycles. The monoisotopic (exact) mass is 308 g/mol. The Morgan fingerprint density at radius 3 is 2.56 bits per heavy atom. The van der Waals surface area contributed by atoms with Gasteiger partial charge in [-0.2, -0.15) is 0 Å². The van der Waals surface area contributed by atoms with Crippen molar-refractivity contribution in [2.45, 2.75) is 18.1 Å². The van der Waals surface area contributed by atoms with Gasteiger partial charge in [0.1, 0.15) is 0 Å². The van der Waals surface area contributed by atoms with E-state index in [1.807, 2.05) is 0 Å². The van der Waals surface area contributed by atoms with Crippen LogP contribution in [0.4, 0.5) is 5.69 Å². The van der Waals surface area contributed by atoms with Crippen LogP contribution in [-0.4, -0.2) is 26.8 Å². The van der Waals surface area contributed by atoms with Crippen molar-refractivity contribution in [3.05, 3.63) is 28.2 Å². The summed E-state index contributed by atoms with van der Waals surface area (Å²) < 4.78 is 26.9. The predicted octanol–water partition coefficient (Wildman–Crippen LogP) is 2.49. The molecule has 1 aliphatic heterocycles. The summed E-state index contributed by atoms with van der Waals surface area (Å²) in [5, 5.41) is 3.54. The van der Waals surface area contributed by atoms with Gasteiger partial charge in [-0.05, 0) is 44.1 Å². The molecule has 0 saturated carbocycles. The summed E-state index contributed by atoms with van der Waals surface area (Å²) in [5.41, 5.74) is 0.336. The van der Waals surface area contributed by atoms with Crippen molar-refractivity contribution < 1.29 is 8.42 Å². The molecule has 1 aromatic rings. The average molecular weight is 309 g/mol. The topological polar surface area (TPSA) is 58.2 Å². The molecule has 7 heteroatoms. The number of benzene rings is 1. The van der Waals surface area contributed by atoms with Crippen LogP contribution in [-0.2, 0) is 10.0 Å². The van der Waals surface area contributed by atoms with Crippen LogP contribution in [0.2, 0.25) is 10.0 Å². The van der Waals surface area contributed by atoms with Gasteiger partial charge in [0.05, 0.1) is 16.0 Å². The minimum atomic E-state index is -3.41. The minimum Gasteiger partial charge on any atom is -0.317 e.